The number of hydrogen-bond acceptors (Lipinski definition) is 1. The van der Waals surface area contributed by atoms with Gasteiger partial charge in [0, 0.05) is 6.61 Å². The first-order valence-corrected chi connectivity index (χ1v) is 11.3. The number of allylic oxidation sites excluding steroid dienone is 1. The predicted molar refractivity (Wildman–Crippen MR) is 103 cm³/mol. The molecule has 0 spiro atoms. The van der Waals surface area contributed by atoms with E-state index in [0.717, 1.165) is 50.0 Å². The van der Waals surface area contributed by atoms with E-state index in [4.69, 9.17) is 4.74 Å². The Morgan fingerprint density at radius 2 is 1.42 bits per heavy atom. The molecular formula is C23H38F2O. The molecule has 3 heteroatoms. The lowest BCUT2D eigenvalue weighted by Crippen LogP contribution is -2.34. The molecule has 0 N–H and O–H groups in total. The molecule has 0 amide bonds. The van der Waals surface area contributed by atoms with Gasteiger partial charge in [-0.1, -0.05) is 45.4 Å². The average Bonchev–Trinajstić information content (AvgIpc) is 2.67. The van der Waals surface area contributed by atoms with Gasteiger partial charge in [-0.3, -0.25) is 0 Å². The summed E-state index contributed by atoms with van der Waals surface area (Å²) in [6.45, 7) is 3.27. The zero-order chi connectivity index (χ0) is 18.4. The predicted octanol–water partition coefficient (Wildman–Crippen LogP) is 7.37. The quantitative estimate of drug-likeness (QED) is 0.475. The minimum absolute atomic E-state index is 0.0930. The highest BCUT2D eigenvalue weighted by atomic mass is 19.3. The van der Waals surface area contributed by atoms with E-state index in [2.05, 4.69) is 6.92 Å². The standard InChI is InChI=1S/C23H38F2O/c1-2-17-3-5-18(6-4-17)7-8-20-11-14-22(26-16-20)21-12-9-19(10-13-21)15-23(24)25/h15,17-22H,2-14,16H2,1H3. The van der Waals surface area contributed by atoms with Crippen molar-refractivity contribution in [2.24, 2.45) is 29.6 Å². The molecule has 2 saturated carbocycles. The maximum Gasteiger partial charge on any atom is 0.266 e. The molecule has 150 valence electrons. The lowest BCUT2D eigenvalue weighted by Gasteiger charge is -2.37. The molecule has 2 unspecified atom stereocenters. The van der Waals surface area contributed by atoms with Crippen molar-refractivity contribution in [2.75, 3.05) is 6.61 Å². The van der Waals surface area contributed by atoms with Crippen molar-refractivity contribution in [3.8, 4) is 0 Å². The highest BCUT2D eigenvalue weighted by Crippen LogP contribution is 2.39. The lowest BCUT2D eigenvalue weighted by atomic mass is 9.76. The van der Waals surface area contributed by atoms with Gasteiger partial charge >= 0.3 is 0 Å². The van der Waals surface area contributed by atoms with Gasteiger partial charge in [-0.25, -0.2) is 0 Å². The summed E-state index contributed by atoms with van der Waals surface area (Å²) in [4.78, 5) is 0. The normalized spacial score (nSPS) is 38.7. The molecule has 26 heavy (non-hydrogen) atoms. The second kappa shape index (κ2) is 10.2. The van der Waals surface area contributed by atoms with Crippen molar-refractivity contribution >= 4 is 0 Å². The van der Waals surface area contributed by atoms with E-state index in [0.29, 0.717) is 12.0 Å². The Hall–Kier alpha value is -0.440. The molecule has 3 rings (SSSR count). The molecule has 1 nitrogen and oxygen atoms in total. The van der Waals surface area contributed by atoms with E-state index in [1.165, 1.54) is 63.9 Å². The minimum Gasteiger partial charge on any atom is -0.378 e. The monoisotopic (exact) mass is 368 g/mol. The molecule has 1 heterocycles. The molecule has 3 fully saturated rings. The van der Waals surface area contributed by atoms with Gasteiger partial charge in [0.25, 0.3) is 6.08 Å². The van der Waals surface area contributed by atoms with Crippen LogP contribution in [0.3, 0.4) is 0 Å². The largest absolute Gasteiger partial charge is 0.378 e. The number of halogens is 2. The SMILES string of the molecule is CCC1CCC(CCC2CCC(C3CCC(C=C(F)F)CC3)OC2)CC1. The minimum atomic E-state index is -1.51. The van der Waals surface area contributed by atoms with Crippen LogP contribution in [0.2, 0.25) is 0 Å². The summed E-state index contributed by atoms with van der Waals surface area (Å²) in [5.74, 6) is 3.42. The Morgan fingerprint density at radius 1 is 0.808 bits per heavy atom. The van der Waals surface area contributed by atoms with Gasteiger partial charge in [-0.2, -0.15) is 8.78 Å². The van der Waals surface area contributed by atoms with Gasteiger partial charge < -0.3 is 4.74 Å². The van der Waals surface area contributed by atoms with Crippen LogP contribution in [-0.4, -0.2) is 12.7 Å². The summed E-state index contributed by atoms with van der Waals surface area (Å²) < 4.78 is 31.0. The molecule has 0 aromatic rings. The Kier molecular flexibility index (Phi) is 7.96. The Balaban J connectivity index is 1.30. The lowest BCUT2D eigenvalue weighted by molar-refractivity contribution is -0.0594. The summed E-state index contributed by atoms with van der Waals surface area (Å²) in [5, 5.41) is 0. The summed E-state index contributed by atoms with van der Waals surface area (Å²) in [6, 6.07) is 0. The van der Waals surface area contributed by atoms with Crippen molar-refractivity contribution in [1.82, 2.24) is 0 Å². The van der Waals surface area contributed by atoms with Gasteiger partial charge in [0.2, 0.25) is 0 Å². The maximum atomic E-state index is 12.4. The summed E-state index contributed by atoms with van der Waals surface area (Å²) >= 11 is 0. The molecule has 2 atom stereocenters. The van der Waals surface area contributed by atoms with Crippen LogP contribution in [0.15, 0.2) is 12.2 Å². The molecule has 1 saturated heterocycles. The third-order valence-corrected chi connectivity index (χ3v) is 7.64. The Morgan fingerprint density at radius 3 is 2.00 bits per heavy atom. The van der Waals surface area contributed by atoms with E-state index >= 15 is 0 Å². The summed E-state index contributed by atoms with van der Waals surface area (Å²) in [7, 11) is 0. The van der Waals surface area contributed by atoms with E-state index in [9.17, 15) is 8.78 Å². The van der Waals surface area contributed by atoms with Gasteiger partial charge in [0.05, 0.1) is 6.10 Å². The average molecular weight is 369 g/mol. The van der Waals surface area contributed by atoms with Crippen LogP contribution in [0.25, 0.3) is 0 Å². The first kappa shape index (κ1) is 20.3. The first-order valence-electron chi connectivity index (χ1n) is 11.3. The van der Waals surface area contributed by atoms with Crippen molar-refractivity contribution in [3.05, 3.63) is 12.2 Å². The van der Waals surface area contributed by atoms with Crippen LogP contribution >= 0.6 is 0 Å². The molecule has 0 aromatic carbocycles. The van der Waals surface area contributed by atoms with Gasteiger partial charge in [0.15, 0.2) is 0 Å². The smallest absolute Gasteiger partial charge is 0.266 e. The third kappa shape index (κ3) is 6.04. The van der Waals surface area contributed by atoms with E-state index < -0.39 is 6.08 Å². The molecule has 1 aliphatic heterocycles. The Bertz CT molecular complexity index is 421. The van der Waals surface area contributed by atoms with Crippen molar-refractivity contribution in [2.45, 2.75) is 96.5 Å². The van der Waals surface area contributed by atoms with Crippen LogP contribution in [-0.2, 0) is 4.74 Å². The van der Waals surface area contributed by atoms with E-state index in [-0.39, 0.29) is 5.92 Å². The molecule has 0 aromatic heterocycles. The van der Waals surface area contributed by atoms with Crippen LogP contribution in [0.5, 0.6) is 0 Å². The van der Waals surface area contributed by atoms with Gasteiger partial charge in [-0.15, -0.1) is 0 Å². The number of ether oxygens (including phenoxy) is 1. The number of rotatable bonds is 6. The molecule has 2 aliphatic carbocycles. The second-order valence-corrected chi connectivity index (χ2v) is 9.32. The van der Waals surface area contributed by atoms with Crippen LogP contribution < -0.4 is 0 Å². The van der Waals surface area contributed by atoms with Crippen LogP contribution in [0, 0.1) is 29.6 Å². The fourth-order valence-electron chi connectivity index (χ4n) is 5.69. The highest BCUT2D eigenvalue weighted by molar-refractivity contribution is 4.92. The van der Waals surface area contributed by atoms with Gasteiger partial charge in [0.1, 0.15) is 0 Å². The van der Waals surface area contributed by atoms with Crippen LogP contribution in [0.1, 0.15) is 90.4 Å². The third-order valence-electron chi connectivity index (χ3n) is 7.64. The zero-order valence-electron chi connectivity index (χ0n) is 16.6. The molecule has 0 radical (unpaired) electrons. The van der Waals surface area contributed by atoms with E-state index in [1.807, 2.05) is 0 Å². The molecule has 3 aliphatic rings. The fraction of sp³-hybridized carbons (Fsp3) is 0.913. The first-order chi connectivity index (χ1) is 12.6. The topological polar surface area (TPSA) is 9.23 Å². The summed E-state index contributed by atoms with van der Waals surface area (Å²) in [6.07, 6.45) is 16.4. The molecule has 0 bridgehead atoms. The van der Waals surface area contributed by atoms with Gasteiger partial charge in [-0.05, 0) is 80.6 Å². The molecular weight excluding hydrogens is 330 g/mol. The zero-order valence-corrected chi connectivity index (χ0v) is 16.6. The van der Waals surface area contributed by atoms with Crippen molar-refractivity contribution < 1.29 is 13.5 Å². The number of hydrogen-bond donors (Lipinski definition) is 0. The second-order valence-electron chi connectivity index (χ2n) is 9.32. The van der Waals surface area contributed by atoms with Crippen molar-refractivity contribution in [1.29, 1.82) is 0 Å². The maximum absolute atomic E-state index is 12.4. The Labute approximate surface area is 159 Å². The highest BCUT2D eigenvalue weighted by Gasteiger charge is 2.31. The van der Waals surface area contributed by atoms with Crippen molar-refractivity contribution in [3.63, 3.8) is 0 Å². The fourth-order valence-corrected chi connectivity index (χ4v) is 5.69. The van der Waals surface area contributed by atoms with Crippen LogP contribution in [0.4, 0.5) is 8.78 Å². The van der Waals surface area contributed by atoms with E-state index in [1.54, 1.807) is 0 Å². The summed E-state index contributed by atoms with van der Waals surface area (Å²) in [5.41, 5.74) is 0.